The van der Waals surface area contributed by atoms with E-state index >= 15 is 0 Å². The van der Waals surface area contributed by atoms with Gasteiger partial charge in [-0.25, -0.2) is 52.8 Å². The molecule has 0 unspecified atom stereocenters. The number of rotatable bonds is 34. The van der Waals surface area contributed by atoms with Crippen LogP contribution in [-0.2, 0) is 43.9 Å². The largest absolute Gasteiger partial charge is 0.490 e. The SMILES string of the molecule is C=CCCCCS(=O)(=O)c1ccc(F)c(OCC2CC2)c1.C=CCN1CCC(=O)NC1=O.O=C1CCN(C/C=C/CCCCS(=O)(=O)c2ccc(F)c(OCC3CC3)c2)C(=O)N1.O=C1CCN(CCCCCCCS(=O)(=O)c2ccc(F)c(OCC3CC3)c2)C(=O)N1. The van der Waals surface area contributed by atoms with Crippen LogP contribution < -0.4 is 30.2 Å². The Hall–Kier alpha value is -7.26. The molecule has 0 aromatic heterocycles. The molecule has 3 N–H and O–H groups in total. The van der Waals surface area contributed by atoms with Gasteiger partial charge in [0.1, 0.15) is 0 Å². The number of nitrogens with zero attached hydrogens (tertiary/aromatic N) is 3. The third-order valence-electron chi connectivity index (χ3n) is 15.5. The Labute approximate surface area is 538 Å². The van der Waals surface area contributed by atoms with E-state index in [9.17, 15) is 67.2 Å². The molecule has 6 aliphatic rings. The first-order valence-corrected chi connectivity index (χ1v) is 36.5. The van der Waals surface area contributed by atoms with Crippen LogP contribution in [0.1, 0.15) is 128 Å². The molecule has 92 heavy (non-hydrogen) atoms. The Morgan fingerprint density at radius 2 is 0.783 bits per heavy atom. The molecule has 6 fully saturated rings. The number of carbonyl (C=O) groups is 6. The fourth-order valence-corrected chi connectivity index (χ4v) is 13.4. The van der Waals surface area contributed by atoms with Gasteiger partial charge >= 0.3 is 18.1 Å². The summed E-state index contributed by atoms with van der Waals surface area (Å²) in [5.74, 6) is -0.815. The molecule has 3 saturated heterocycles. The highest BCUT2D eigenvalue weighted by atomic mass is 32.2. The maximum absolute atomic E-state index is 13.9. The van der Waals surface area contributed by atoms with E-state index in [-0.39, 0.29) is 85.0 Å². The van der Waals surface area contributed by atoms with Crippen LogP contribution in [0.4, 0.5) is 27.6 Å². The van der Waals surface area contributed by atoms with Crippen molar-refractivity contribution in [2.75, 3.05) is 76.3 Å². The van der Waals surface area contributed by atoms with Crippen LogP contribution >= 0.6 is 0 Å². The number of halogens is 3. The molecule has 3 saturated carbocycles. The van der Waals surface area contributed by atoms with Gasteiger partial charge in [0, 0.05) is 76.7 Å². The normalized spacial score (nSPS) is 16.8. The average Bonchev–Trinajstić information content (AvgIpc) is 2.07. The number of carbonyl (C=O) groups excluding carboxylic acids is 6. The molecule has 3 aromatic carbocycles. The fraction of sp³-hybridized carbons (Fsp3) is 0.538. The summed E-state index contributed by atoms with van der Waals surface area (Å²) >= 11 is 0. The Morgan fingerprint density at radius 1 is 0.435 bits per heavy atom. The third-order valence-corrected chi connectivity index (χ3v) is 20.9. The van der Waals surface area contributed by atoms with Crippen LogP contribution in [-0.4, -0.2) is 152 Å². The number of ether oxygens (including phenoxy) is 3. The number of hydrogen-bond donors (Lipinski definition) is 3. The first-order chi connectivity index (χ1) is 44.0. The molecule has 506 valence electrons. The van der Waals surface area contributed by atoms with Crippen molar-refractivity contribution in [1.82, 2.24) is 30.7 Å². The van der Waals surface area contributed by atoms with Gasteiger partial charge in [-0.15, -0.1) is 13.2 Å². The van der Waals surface area contributed by atoms with Crippen molar-refractivity contribution in [3.63, 3.8) is 0 Å². The lowest BCUT2D eigenvalue weighted by Crippen LogP contribution is -2.49. The molecule has 3 aromatic rings. The number of urea groups is 3. The van der Waals surface area contributed by atoms with Crippen molar-refractivity contribution < 1.29 is 81.4 Å². The predicted molar refractivity (Wildman–Crippen MR) is 340 cm³/mol. The molecule has 0 atom stereocenters. The lowest BCUT2D eigenvalue weighted by atomic mass is 10.1. The van der Waals surface area contributed by atoms with Gasteiger partial charge in [-0.05, 0) is 144 Å². The highest BCUT2D eigenvalue weighted by Crippen LogP contribution is 2.34. The Bertz CT molecular complexity index is 3410. The highest BCUT2D eigenvalue weighted by molar-refractivity contribution is 7.92. The van der Waals surface area contributed by atoms with E-state index in [1.807, 2.05) is 12.2 Å². The molecular formula is C65H87F3N6O15S3. The average molecular weight is 1350 g/mol. The van der Waals surface area contributed by atoms with Gasteiger partial charge in [-0.2, -0.15) is 0 Å². The molecule has 9 amide bonds. The van der Waals surface area contributed by atoms with E-state index in [1.54, 1.807) is 22.0 Å². The van der Waals surface area contributed by atoms with E-state index in [1.165, 1.54) is 47.4 Å². The maximum atomic E-state index is 13.9. The van der Waals surface area contributed by atoms with Gasteiger partial charge in [0.2, 0.25) is 17.7 Å². The van der Waals surface area contributed by atoms with Crippen molar-refractivity contribution in [1.29, 1.82) is 0 Å². The van der Waals surface area contributed by atoms with Gasteiger partial charge in [0.25, 0.3) is 0 Å². The van der Waals surface area contributed by atoms with Gasteiger partial charge < -0.3 is 28.9 Å². The van der Waals surface area contributed by atoms with Crippen LogP contribution in [0.25, 0.3) is 0 Å². The van der Waals surface area contributed by atoms with Crippen molar-refractivity contribution in [2.45, 2.75) is 143 Å². The van der Waals surface area contributed by atoms with E-state index < -0.39 is 47.0 Å². The van der Waals surface area contributed by atoms with Gasteiger partial charge in [-0.1, -0.05) is 43.6 Å². The summed E-state index contributed by atoms with van der Waals surface area (Å²) in [7, 11) is -10.4. The summed E-state index contributed by atoms with van der Waals surface area (Å²) < 4.78 is 132. The van der Waals surface area contributed by atoms with Gasteiger partial charge in [0.15, 0.2) is 64.2 Å². The van der Waals surface area contributed by atoms with Crippen LogP contribution in [0.3, 0.4) is 0 Å². The quantitative estimate of drug-likeness (QED) is 0.0285. The van der Waals surface area contributed by atoms with E-state index in [4.69, 9.17) is 14.2 Å². The second-order valence-corrected chi connectivity index (χ2v) is 29.8. The van der Waals surface area contributed by atoms with E-state index in [0.29, 0.717) is 128 Å². The monoisotopic (exact) mass is 1340 g/mol. The summed E-state index contributed by atoms with van der Waals surface area (Å²) in [6.07, 6.45) is 22.5. The first-order valence-electron chi connectivity index (χ1n) is 31.5. The highest BCUT2D eigenvalue weighted by Gasteiger charge is 2.28. The standard InChI is InChI=1S/C21H29FN2O5S.C21H27FN2O5S.C16H21FO3S.C7H10N2O2/c2*22-18-9-8-17(14-19(18)29-15-16-6-7-16)30(27,28)13-5-3-1-2-4-11-24-12-10-20(25)23-21(24)26;1-2-3-4-5-10-21(18,19)14-8-9-15(17)16(11-14)20-12-13-6-7-13;1-2-4-9-5-3-6(10)8-7(9)11/h8-9,14,16H,1-7,10-13,15H2,(H,23,25,26);2,4,8-9,14,16H,1,3,5-7,10-13,15H2,(H,23,25,26);2,8-9,11,13H,1,3-7,10,12H2;2H,1,3-5H2,(H,8,10,11)/b;4-2+;;. The Kier molecular flexibility index (Phi) is 29.5. The molecule has 0 radical (unpaired) electrons. The van der Waals surface area contributed by atoms with Crippen LogP contribution in [0.2, 0.25) is 0 Å². The minimum absolute atomic E-state index is 0.00522. The minimum Gasteiger partial charge on any atom is -0.490 e. The van der Waals surface area contributed by atoms with Gasteiger partial charge in [-0.3, -0.25) is 30.3 Å². The second kappa shape index (κ2) is 36.8. The second-order valence-electron chi connectivity index (χ2n) is 23.5. The molecule has 0 bridgehead atoms. The van der Waals surface area contributed by atoms with Crippen molar-refractivity contribution in [2.24, 2.45) is 17.8 Å². The molecule has 3 heterocycles. The summed E-state index contributed by atoms with van der Waals surface area (Å²) in [5.41, 5.74) is 0. The summed E-state index contributed by atoms with van der Waals surface area (Å²) in [4.78, 5) is 72.0. The number of amides is 9. The zero-order valence-corrected chi connectivity index (χ0v) is 54.6. The number of nitrogens with one attached hydrogen (secondary N) is 3. The minimum atomic E-state index is -3.51. The fourth-order valence-electron chi connectivity index (χ4n) is 9.29. The maximum Gasteiger partial charge on any atom is 0.324 e. The smallest absolute Gasteiger partial charge is 0.324 e. The number of imide groups is 3. The van der Waals surface area contributed by atoms with E-state index in [2.05, 4.69) is 29.1 Å². The van der Waals surface area contributed by atoms with Crippen LogP contribution in [0.15, 0.2) is 107 Å². The summed E-state index contributed by atoms with van der Waals surface area (Å²) in [6, 6.07) is 10.2. The number of sulfone groups is 3. The lowest BCUT2D eigenvalue weighted by molar-refractivity contribution is -0.122. The lowest BCUT2D eigenvalue weighted by Gasteiger charge is -2.26. The van der Waals surface area contributed by atoms with E-state index in [0.717, 1.165) is 89.2 Å². The predicted octanol–water partition coefficient (Wildman–Crippen LogP) is 10.2. The van der Waals surface area contributed by atoms with Crippen LogP contribution in [0, 0.1) is 35.2 Å². The summed E-state index contributed by atoms with van der Waals surface area (Å²) in [5, 5.41) is 6.77. The molecule has 27 heteroatoms. The molecule has 3 aliphatic carbocycles. The first kappa shape index (κ1) is 73.8. The number of allylic oxidation sites excluding steroid dienone is 2. The number of benzene rings is 3. The Balaban J connectivity index is 0.000000205. The van der Waals surface area contributed by atoms with Crippen molar-refractivity contribution in [3.05, 3.63) is 110 Å². The van der Waals surface area contributed by atoms with Crippen molar-refractivity contribution >= 4 is 65.3 Å². The molecule has 3 aliphatic heterocycles. The Morgan fingerprint density at radius 3 is 1.15 bits per heavy atom. The van der Waals surface area contributed by atoms with Crippen LogP contribution in [0.5, 0.6) is 17.2 Å². The zero-order valence-electron chi connectivity index (χ0n) is 52.1. The number of hydrogen-bond acceptors (Lipinski definition) is 15. The van der Waals surface area contributed by atoms with Crippen molar-refractivity contribution in [3.8, 4) is 17.2 Å². The number of unbranched alkanes of at least 4 members (excludes halogenated alkanes) is 8. The third kappa shape index (κ3) is 26.4. The zero-order chi connectivity index (χ0) is 66.7. The molecule has 0 spiro atoms. The molecular weight excluding hydrogens is 1260 g/mol. The molecule has 9 rings (SSSR count). The topological polar surface area (TPSA) is 278 Å². The summed E-state index contributed by atoms with van der Waals surface area (Å²) in [6.45, 7) is 11.3. The van der Waals surface area contributed by atoms with Gasteiger partial charge in [0.05, 0.1) is 51.8 Å². The molecule has 21 nitrogen and oxygen atoms in total.